The van der Waals surface area contributed by atoms with Gasteiger partial charge < -0.3 is 14.4 Å². The number of rotatable bonds is 5. The van der Waals surface area contributed by atoms with Gasteiger partial charge in [-0.25, -0.2) is 0 Å². The van der Waals surface area contributed by atoms with Crippen molar-refractivity contribution in [3.05, 3.63) is 28.7 Å². The van der Waals surface area contributed by atoms with Crippen LogP contribution in [-0.4, -0.2) is 42.3 Å². The quantitative estimate of drug-likeness (QED) is 0.724. The van der Waals surface area contributed by atoms with Crippen molar-refractivity contribution in [2.45, 2.75) is 33.6 Å². The van der Waals surface area contributed by atoms with Gasteiger partial charge in [0, 0.05) is 24.7 Å². The summed E-state index contributed by atoms with van der Waals surface area (Å²) in [5, 5.41) is 0.830. The van der Waals surface area contributed by atoms with E-state index < -0.39 is 0 Å². The molecule has 0 unspecified atom stereocenters. The van der Waals surface area contributed by atoms with E-state index in [1.807, 2.05) is 38.1 Å². The van der Waals surface area contributed by atoms with E-state index in [9.17, 15) is 4.79 Å². The summed E-state index contributed by atoms with van der Waals surface area (Å²) in [6.07, 6.45) is 4.27. The standard InChI is InChI=1S/C20H26N2O3S/c1-4-24-16-9-8-15(17(12-16)25-5-2)11-18-19(23)21-20(26-18)22-10-6-7-14(3)13-22/h8-9,11-12,14H,4-7,10,13H2,1-3H3/b18-11+/t14-/m0/s1. The Morgan fingerprint density at radius 1 is 1.31 bits per heavy atom. The van der Waals surface area contributed by atoms with E-state index in [2.05, 4.69) is 16.8 Å². The van der Waals surface area contributed by atoms with Crippen molar-refractivity contribution < 1.29 is 14.3 Å². The van der Waals surface area contributed by atoms with Gasteiger partial charge in [0.2, 0.25) is 0 Å². The number of carbonyl (C=O) groups excluding carboxylic acids is 1. The molecule has 26 heavy (non-hydrogen) atoms. The lowest BCUT2D eigenvalue weighted by atomic mass is 10.0. The van der Waals surface area contributed by atoms with Crippen LogP contribution in [0.15, 0.2) is 28.1 Å². The molecule has 6 heteroatoms. The molecular weight excluding hydrogens is 348 g/mol. The van der Waals surface area contributed by atoms with Crippen LogP contribution < -0.4 is 9.47 Å². The van der Waals surface area contributed by atoms with Crippen LogP contribution in [0.4, 0.5) is 0 Å². The van der Waals surface area contributed by atoms with E-state index in [1.165, 1.54) is 18.2 Å². The maximum Gasteiger partial charge on any atom is 0.286 e. The summed E-state index contributed by atoms with van der Waals surface area (Å²) >= 11 is 1.46. The molecule has 1 fully saturated rings. The summed E-state index contributed by atoms with van der Waals surface area (Å²) in [6, 6.07) is 5.70. The minimum atomic E-state index is -0.167. The van der Waals surface area contributed by atoms with E-state index >= 15 is 0 Å². The molecule has 0 radical (unpaired) electrons. The predicted octanol–water partition coefficient (Wildman–Crippen LogP) is 4.19. The minimum Gasteiger partial charge on any atom is -0.494 e. The molecule has 0 aromatic heterocycles. The zero-order chi connectivity index (χ0) is 18.5. The molecule has 1 amide bonds. The third kappa shape index (κ3) is 4.41. The van der Waals surface area contributed by atoms with Crippen molar-refractivity contribution in [1.29, 1.82) is 0 Å². The SMILES string of the molecule is CCOc1ccc(/C=C2/SC(N3CCC[C@H](C)C3)=NC2=O)c(OCC)c1. The third-order valence-corrected chi connectivity index (χ3v) is 5.46. The lowest BCUT2D eigenvalue weighted by Crippen LogP contribution is -2.37. The van der Waals surface area contributed by atoms with Gasteiger partial charge in [0.05, 0.1) is 18.1 Å². The summed E-state index contributed by atoms with van der Waals surface area (Å²) < 4.78 is 11.3. The average Bonchev–Trinajstić information content (AvgIpc) is 2.98. The monoisotopic (exact) mass is 374 g/mol. The molecular formula is C20H26N2O3S. The lowest BCUT2D eigenvalue weighted by Gasteiger charge is -2.31. The first-order chi connectivity index (χ1) is 12.6. The van der Waals surface area contributed by atoms with Crippen molar-refractivity contribution in [1.82, 2.24) is 4.90 Å². The van der Waals surface area contributed by atoms with Gasteiger partial charge in [-0.2, -0.15) is 4.99 Å². The highest BCUT2D eigenvalue weighted by atomic mass is 32.2. The second-order valence-corrected chi connectivity index (χ2v) is 7.58. The van der Waals surface area contributed by atoms with Crippen LogP contribution in [0, 0.1) is 5.92 Å². The maximum absolute atomic E-state index is 12.4. The largest absolute Gasteiger partial charge is 0.494 e. The van der Waals surface area contributed by atoms with Crippen LogP contribution in [0.2, 0.25) is 0 Å². The number of nitrogens with zero attached hydrogens (tertiary/aromatic N) is 2. The Morgan fingerprint density at radius 3 is 2.85 bits per heavy atom. The van der Waals surface area contributed by atoms with Crippen molar-refractivity contribution in [3.8, 4) is 11.5 Å². The number of carbonyl (C=O) groups is 1. The van der Waals surface area contributed by atoms with Crippen molar-refractivity contribution >= 4 is 28.9 Å². The van der Waals surface area contributed by atoms with E-state index in [1.54, 1.807) is 0 Å². The summed E-state index contributed by atoms with van der Waals surface area (Å²) in [4.78, 5) is 19.5. The Morgan fingerprint density at radius 2 is 2.12 bits per heavy atom. The summed E-state index contributed by atoms with van der Waals surface area (Å²) in [7, 11) is 0. The molecule has 0 spiro atoms. The van der Waals surface area contributed by atoms with Crippen LogP contribution in [0.25, 0.3) is 6.08 Å². The first-order valence-electron chi connectivity index (χ1n) is 9.27. The second kappa shape index (κ2) is 8.62. The second-order valence-electron chi connectivity index (χ2n) is 6.57. The highest BCUT2D eigenvalue weighted by molar-refractivity contribution is 8.18. The summed E-state index contributed by atoms with van der Waals surface area (Å²) in [5.41, 5.74) is 0.870. The van der Waals surface area contributed by atoms with Gasteiger partial charge in [-0.1, -0.05) is 6.92 Å². The molecule has 3 rings (SSSR count). The van der Waals surface area contributed by atoms with Crippen LogP contribution in [-0.2, 0) is 4.79 Å². The number of amides is 1. The molecule has 0 saturated carbocycles. The number of amidine groups is 1. The zero-order valence-corrected chi connectivity index (χ0v) is 16.5. The fraction of sp³-hybridized carbons (Fsp3) is 0.500. The molecule has 1 saturated heterocycles. The number of hydrogen-bond acceptors (Lipinski definition) is 5. The first kappa shape index (κ1) is 18.8. The van der Waals surface area contributed by atoms with Gasteiger partial charge >= 0.3 is 0 Å². The van der Waals surface area contributed by atoms with Crippen LogP contribution >= 0.6 is 11.8 Å². The van der Waals surface area contributed by atoms with Crippen LogP contribution in [0.3, 0.4) is 0 Å². The number of ether oxygens (including phenoxy) is 2. The lowest BCUT2D eigenvalue weighted by molar-refractivity contribution is -0.113. The maximum atomic E-state index is 12.4. The molecule has 0 bridgehead atoms. The molecule has 2 heterocycles. The summed E-state index contributed by atoms with van der Waals surface area (Å²) in [6.45, 7) is 9.25. The molecule has 1 aromatic carbocycles. The highest BCUT2D eigenvalue weighted by Gasteiger charge is 2.28. The Bertz CT molecular complexity index is 730. The number of benzene rings is 1. The molecule has 1 aromatic rings. The molecule has 1 atom stereocenters. The van der Waals surface area contributed by atoms with Gasteiger partial charge in [-0.15, -0.1) is 0 Å². The number of likely N-dealkylation sites (tertiary alicyclic amines) is 1. The Hall–Kier alpha value is -1.95. The molecule has 2 aliphatic rings. The number of aliphatic imine (C=N–C) groups is 1. The smallest absolute Gasteiger partial charge is 0.286 e. The van der Waals surface area contributed by atoms with Crippen molar-refractivity contribution in [2.24, 2.45) is 10.9 Å². The van der Waals surface area contributed by atoms with E-state index in [4.69, 9.17) is 9.47 Å². The van der Waals surface area contributed by atoms with E-state index in [-0.39, 0.29) is 5.91 Å². The Kier molecular flexibility index (Phi) is 6.25. The fourth-order valence-electron chi connectivity index (χ4n) is 3.21. The van der Waals surface area contributed by atoms with E-state index in [0.717, 1.165) is 41.7 Å². The molecule has 5 nitrogen and oxygen atoms in total. The zero-order valence-electron chi connectivity index (χ0n) is 15.7. The van der Waals surface area contributed by atoms with Crippen molar-refractivity contribution in [2.75, 3.05) is 26.3 Å². The van der Waals surface area contributed by atoms with Gasteiger partial charge in [-0.3, -0.25) is 4.79 Å². The van der Waals surface area contributed by atoms with Crippen molar-refractivity contribution in [3.63, 3.8) is 0 Å². The Balaban J connectivity index is 1.79. The highest BCUT2D eigenvalue weighted by Crippen LogP contribution is 2.35. The first-order valence-corrected chi connectivity index (χ1v) is 10.1. The van der Waals surface area contributed by atoms with E-state index in [0.29, 0.717) is 24.0 Å². The number of hydrogen-bond donors (Lipinski definition) is 0. The normalized spacial score (nSPS) is 21.9. The van der Waals surface area contributed by atoms with Gasteiger partial charge in [-0.05, 0) is 62.6 Å². The fourth-order valence-corrected chi connectivity index (χ4v) is 4.15. The third-order valence-electron chi connectivity index (χ3n) is 4.42. The molecule has 140 valence electrons. The number of piperidine rings is 1. The summed E-state index contributed by atoms with van der Waals surface area (Å²) in [5.74, 6) is 1.97. The molecule has 2 aliphatic heterocycles. The van der Waals surface area contributed by atoms with Gasteiger partial charge in [0.25, 0.3) is 5.91 Å². The van der Waals surface area contributed by atoms with Crippen LogP contribution in [0.1, 0.15) is 39.2 Å². The van der Waals surface area contributed by atoms with Gasteiger partial charge in [0.15, 0.2) is 5.17 Å². The Labute approximate surface area is 159 Å². The average molecular weight is 375 g/mol. The number of thioether (sulfide) groups is 1. The van der Waals surface area contributed by atoms with Crippen LogP contribution in [0.5, 0.6) is 11.5 Å². The molecule has 0 aliphatic carbocycles. The van der Waals surface area contributed by atoms with Gasteiger partial charge in [0.1, 0.15) is 11.5 Å². The predicted molar refractivity (Wildman–Crippen MR) is 107 cm³/mol. The minimum absolute atomic E-state index is 0.167. The topological polar surface area (TPSA) is 51.1 Å². The molecule has 0 N–H and O–H groups in total.